The van der Waals surface area contributed by atoms with Gasteiger partial charge in [-0.05, 0) is 42.2 Å². The molecule has 1 saturated heterocycles. The summed E-state index contributed by atoms with van der Waals surface area (Å²) in [5.74, 6) is 0.315. The summed E-state index contributed by atoms with van der Waals surface area (Å²) in [6.45, 7) is 2.83. The Hall–Kier alpha value is -3.09. The van der Waals surface area contributed by atoms with Gasteiger partial charge >= 0.3 is 0 Å². The summed E-state index contributed by atoms with van der Waals surface area (Å²) in [5.41, 5.74) is 3.10. The van der Waals surface area contributed by atoms with E-state index in [9.17, 15) is 14.3 Å². The average molecular weight is 410 g/mol. The summed E-state index contributed by atoms with van der Waals surface area (Å²) in [5, 5.41) is 12.7. The van der Waals surface area contributed by atoms with E-state index in [1.54, 1.807) is 13.1 Å². The van der Waals surface area contributed by atoms with Crippen LogP contribution in [0.5, 0.6) is 5.75 Å². The van der Waals surface area contributed by atoms with Crippen molar-refractivity contribution in [3.05, 3.63) is 59.4 Å². The van der Waals surface area contributed by atoms with Gasteiger partial charge < -0.3 is 20.2 Å². The number of fused-ring (bicyclic) bond motifs is 1. The van der Waals surface area contributed by atoms with Crippen LogP contribution in [0.3, 0.4) is 0 Å². The number of carbonyl (C=O) groups excluding carboxylic acids is 1. The number of aliphatic imine (C=N–C) groups is 1. The molecule has 4 rings (SSSR count). The molecule has 0 radical (unpaired) electrons. The summed E-state index contributed by atoms with van der Waals surface area (Å²) < 4.78 is 13.6. The van der Waals surface area contributed by atoms with Crippen molar-refractivity contribution < 1.29 is 14.3 Å². The number of guanidine groups is 1. The van der Waals surface area contributed by atoms with E-state index < -0.39 is 5.82 Å². The molecule has 2 aliphatic heterocycles. The zero-order valence-electron chi connectivity index (χ0n) is 17.1. The zero-order valence-corrected chi connectivity index (χ0v) is 17.1. The van der Waals surface area contributed by atoms with Crippen molar-refractivity contribution in [2.24, 2.45) is 4.99 Å². The average Bonchev–Trinajstić information content (AvgIpc) is 3.33. The van der Waals surface area contributed by atoms with Gasteiger partial charge in [0.05, 0.1) is 0 Å². The third kappa shape index (κ3) is 4.10. The molecule has 6 nitrogen and oxygen atoms in total. The lowest BCUT2D eigenvalue weighted by molar-refractivity contribution is -0.127. The Labute approximate surface area is 176 Å². The largest absolute Gasteiger partial charge is 0.505 e. The molecule has 1 fully saturated rings. The van der Waals surface area contributed by atoms with Crippen molar-refractivity contribution in [1.29, 1.82) is 0 Å². The highest BCUT2D eigenvalue weighted by Crippen LogP contribution is 2.38. The van der Waals surface area contributed by atoms with Gasteiger partial charge in [0.25, 0.3) is 0 Å². The maximum atomic E-state index is 13.6. The van der Waals surface area contributed by atoms with E-state index in [1.807, 2.05) is 17.0 Å². The molecule has 1 atom stereocenters. The fourth-order valence-corrected chi connectivity index (χ4v) is 4.33. The second-order valence-corrected chi connectivity index (χ2v) is 7.83. The van der Waals surface area contributed by atoms with E-state index >= 15 is 0 Å². The molecule has 1 unspecified atom stereocenters. The minimum Gasteiger partial charge on any atom is -0.505 e. The molecule has 1 amide bonds. The number of aromatic hydroxyl groups is 1. The van der Waals surface area contributed by atoms with E-state index in [-0.39, 0.29) is 11.7 Å². The summed E-state index contributed by atoms with van der Waals surface area (Å²) in [4.78, 5) is 20.5. The normalized spacial score (nSPS) is 18.8. The van der Waals surface area contributed by atoms with Gasteiger partial charge in [0.15, 0.2) is 17.5 Å². The smallest absolute Gasteiger partial charge is 0.222 e. The number of likely N-dealkylation sites (tertiary alicyclic amines) is 1. The Morgan fingerprint density at radius 2 is 2.13 bits per heavy atom. The van der Waals surface area contributed by atoms with E-state index in [1.165, 1.54) is 17.7 Å². The predicted molar refractivity (Wildman–Crippen MR) is 115 cm³/mol. The van der Waals surface area contributed by atoms with Crippen molar-refractivity contribution in [3.63, 3.8) is 0 Å². The second-order valence-electron chi connectivity index (χ2n) is 7.83. The lowest BCUT2D eigenvalue weighted by atomic mass is 9.98. The van der Waals surface area contributed by atoms with Crippen molar-refractivity contribution in [1.82, 2.24) is 10.2 Å². The number of amides is 1. The van der Waals surface area contributed by atoms with Crippen LogP contribution in [-0.2, 0) is 11.3 Å². The van der Waals surface area contributed by atoms with Gasteiger partial charge in [-0.15, -0.1) is 0 Å². The number of hydrogen-bond donors (Lipinski definition) is 2. The van der Waals surface area contributed by atoms with Crippen LogP contribution in [0.25, 0.3) is 0 Å². The topological polar surface area (TPSA) is 68.2 Å². The van der Waals surface area contributed by atoms with Crippen LogP contribution >= 0.6 is 0 Å². The molecule has 2 aromatic carbocycles. The number of benzene rings is 2. The molecular weight excluding hydrogens is 383 g/mol. The first-order valence-electron chi connectivity index (χ1n) is 10.4. The predicted octanol–water partition coefficient (Wildman–Crippen LogP) is 3.22. The van der Waals surface area contributed by atoms with Crippen molar-refractivity contribution in [2.45, 2.75) is 31.7 Å². The van der Waals surface area contributed by atoms with Gasteiger partial charge in [-0.3, -0.25) is 9.79 Å². The highest BCUT2D eigenvalue weighted by Gasteiger charge is 2.32. The van der Waals surface area contributed by atoms with Gasteiger partial charge in [-0.25, -0.2) is 4.39 Å². The molecule has 2 heterocycles. The van der Waals surface area contributed by atoms with Crippen molar-refractivity contribution in [3.8, 4) is 5.75 Å². The number of carbonyl (C=O) groups is 1. The number of para-hydroxylation sites is 1. The minimum atomic E-state index is -0.632. The summed E-state index contributed by atoms with van der Waals surface area (Å²) in [6, 6.07) is 12.7. The second kappa shape index (κ2) is 8.73. The lowest BCUT2D eigenvalue weighted by Crippen LogP contribution is -2.40. The maximum absolute atomic E-state index is 13.6. The summed E-state index contributed by atoms with van der Waals surface area (Å²) in [7, 11) is 1.73. The van der Waals surface area contributed by atoms with Gasteiger partial charge in [0.1, 0.15) is 0 Å². The summed E-state index contributed by atoms with van der Waals surface area (Å²) in [6.07, 6.45) is 2.54. The molecular formula is C23H27FN4O2. The van der Waals surface area contributed by atoms with Crippen LogP contribution in [0.1, 0.15) is 36.3 Å². The quantitative estimate of drug-likeness (QED) is 0.587. The van der Waals surface area contributed by atoms with Crippen LogP contribution in [0.4, 0.5) is 10.1 Å². The number of rotatable bonds is 5. The zero-order chi connectivity index (χ0) is 21.1. The third-order valence-corrected chi connectivity index (χ3v) is 5.92. The van der Waals surface area contributed by atoms with E-state index in [0.29, 0.717) is 18.9 Å². The monoisotopic (exact) mass is 410 g/mol. The standard InChI is InChI=1S/C23H27FN4O2/c1-25-23(26-14-16-8-9-21(29)19(24)13-16)28-15-17(18-5-2-3-6-20(18)28)10-12-27-11-4-7-22(27)30/h2-3,5-6,8-9,13,17,29H,4,7,10-12,14-15H2,1H3,(H,25,26). The minimum absolute atomic E-state index is 0.261. The molecule has 30 heavy (non-hydrogen) atoms. The number of phenolic OH excluding ortho intramolecular Hbond substituents is 1. The molecule has 2 aliphatic rings. The SMILES string of the molecule is CN=C(NCc1ccc(O)c(F)c1)N1CC(CCN2CCCC2=O)c2ccccc21. The van der Waals surface area contributed by atoms with Gasteiger partial charge in [0.2, 0.25) is 5.91 Å². The summed E-state index contributed by atoms with van der Waals surface area (Å²) >= 11 is 0. The van der Waals surface area contributed by atoms with Crippen LogP contribution in [-0.4, -0.2) is 48.6 Å². The van der Waals surface area contributed by atoms with Crippen LogP contribution in [0.15, 0.2) is 47.5 Å². The fraction of sp³-hybridized carbons (Fsp3) is 0.391. The highest BCUT2D eigenvalue weighted by molar-refractivity contribution is 5.98. The number of hydrogen-bond acceptors (Lipinski definition) is 3. The Morgan fingerprint density at radius 3 is 2.87 bits per heavy atom. The molecule has 0 saturated carbocycles. The molecule has 0 aromatic heterocycles. The number of phenols is 1. The van der Waals surface area contributed by atoms with Crippen LogP contribution in [0, 0.1) is 5.82 Å². The van der Waals surface area contributed by atoms with E-state index in [4.69, 9.17) is 0 Å². The first kappa shape index (κ1) is 20.2. The lowest BCUT2D eigenvalue weighted by Gasteiger charge is -2.23. The Bertz CT molecular complexity index is 962. The first-order chi connectivity index (χ1) is 14.6. The van der Waals surface area contributed by atoms with Crippen LogP contribution in [0.2, 0.25) is 0 Å². The van der Waals surface area contributed by atoms with E-state index in [0.717, 1.165) is 49.7 Å². The van der Waals surface area contributed by atoms with Crippen molar-refractivity contribution in [2.75, 3.05) is 31.6 Å². The molecule has 7 heteroatoms. The molecule has 158 valence electrons. The number of nitrogens with zero attached hydrogens (tertiary/aromatic N) is 3. The number of halogens is 1. The maximum Gasteiger partial charge on any atom is 0.222 e. The number of anilines is 1. The van der Waals surface area contributed by atoms with Crippen LogP contribution < -0.4 is 10.2 Å². The van der Waals surface area contributed by atoms with Crippen molar-refractivity contribution >= 4 is 17.6 Å². The third-order valence-electron chi connectivity index (χ3n) is 5.92. The molecule has 0 bridgehead atoms. The Morgan fingerprint density at radius 1 is 1.30 bits per heavy atom. The number of nitrogens with one attached hydrogen (secondary N) is 1. The van der Waals surface area contributed by atoms with Gasteiger partial charge in [0, 0.05) is 51.3 Å². The first-order valence-corrected chi connectivity index (χ1v) is 10.4. The van der Waals surface area contributed by atoms with Gasteiger partial charge in [-0.1, -0.05) is 24.3 Å². The molecule has 2 aromatic rings. The fourth-order valence-electron chi connectivity index (χ4n) is 4.33. The Kier molecular flexibility index (Phi) is 5.88. The molecule has 0 spiro atoms. The van der Waals surface area contributed by atoms with Gasteiger partial charge in [-0.2, -0.15) is 0 Å². The molecule has 0 aliphatic carbocycles. The molecule has 2 N–H and O–H groups in total. The highest BCUT2D eigenvalue weighted by atomic mass is 19.1. The van der Waals surface area contributed by atoms with E-state index in [2.05, 4.69) is 27.3 Å². The Balaban J connectivity index is 1.45.